The highest BCUT2D eigenvalue weighted by molar-refractivity contribution is 6.18. The Morgan fingerprint density at radius 1 is 1.18 bits per heavy atom. The highest BCUT2D eigenvalue weighted by Gasteiger charge is 2.25. The normalized spacial score (nSPS) is 11.6. The van der Waals surface area contributed by atoms with Crippen LogP contribution in [-0.4, -0.2) is 22.4 Å². The van der Waals surface area contributed by atoms with Crippen molar-refractivity contribution >= 4 is 17.5 Å². The Hall–Kier alpha value is -0.830. The first-order valence-electron chi connectivity index (χ1n) is 6.17. The van der Waals surface area contributed by atoms with E-state index in [1.165, 1.54) is 0 Å². The molecule has 4 heteroatoms. The van der Waals surface area contributed by atoms with Crippen molar-refractivity contribution in [2.24, 2.45) is 5.41 Å². The van der Waals surface area contributed by atoms with Gasteiger partial charge in [0.15, 0.2) is 0 Å². The number of nitrogens with zero attached hydrogens (tertiary/aromatic N) is 2. The van der Waals surface area contributed by atoms with E-state index in [1.54, 1.807) is 0 Å². The van der Waals surface area contributed by atoms with Crippen LogP contribution in [0.15, 0.2) is 6.07 Å². The lowest BCUT2D eigenvalue weighted by atomic mass is 9.84. The smallest absolute Gasteiger partial charge is 0.223 e. The summed E-state index contributed by atoms with van der Waals surface area (Å²) in [4.78, 5) is 8.75. The van der Waals surface area contributed by atoms with Gasteiger partial charge >= 0.3 is 0 Å². The van der Waals surface area contributed by atoms with Crippen molar-refractivity contribution in [1.29, 1.82) is 0 Å². The summed E-state index contributed by atoms with van der Waals surface area (Å²) in [5.41, 5.74) is 2.12. The first-order chi connectivity index (χ1) is 8.05. The fourth-order valence-corrected chi connectivity index (χ4v) is 2.28. The Bertz CT molecular complexity index is 333. The maximum Gasteiger partial charge on any atom is 0.223 e. The number of hydrogen-bond acceptors (Lipinski definition) is 3. The van der Waals surface area contributed by atoms with E-state index < -0.39 is 0 Å². The first-order valence-corrected chi connectivity index (χ1v) is 6.71. The fourth-order valence-electron chi connectivity index (χ4n) is 1.81. The number of alkyl halides is 1. The van der Waals surface area contributed by atoms with Gasteiger partial charge in [0.25, 0.3) is 0 Å². The van der Waals surface area contributed by atoms with Gasteiger partial charge in [-0.25, -0.2) is 9.97 Å². The van der Waals surface area contributed by atoms with Crippen LogP contribution < -0.4 is 5.32 Å². The second kappa shape index (κ2) is 6.20. The zero-order chi connectivity index (χ0) is 12.9. The second-order valence-electron chi connectivity index (χ2n) is 4.67. The molecule has 1 aromatic heterocycles. The molecule has 0 fully saturated rings. The van der Waals surface area contributed by atoms with Gasteiger partial charge in [-0.3, -0.25) is 0 Å². The summed E-state index contributed by atoms with van der Waals surface area (Å²) in [5, 5.41) is 3.31. The number of anilines is 1. The molecule has 96 valence electrons. The van der Waals surface area contributed by atoms with Crippen LogP contribution in [0.3, 0.4) is 0 Å². The van der Waals surface area contributed by atoms with E-state index in [2.05, 4.69) is 29.1 Å². The van der Waals surface area contributed by atoms with Crippen LogP contribution in [-0.2, 0) is 0 Å². The molecule has 0 aliphatic carbocycles. The summed E-state index contributed by atoms with van der Waals surface area (Å²) < 4.78 is 0. The number of nitrogens with one attached hydrogen (secondary N) is 1. The maximum absolute atomic E-state index is 6.07. The Labute approximate surface area is 109 Å². The highest BCUT2D eigenvalue weighted by atomic mass is 35.5. The van der Waals surface area contributed by atoms with Crippen molar-refractivity contribution in [1.82, 2.24) is 9.97 Å². The second-order valence-corrected chi connectivity index (χ2v) is 4.94. The van der Waals surface area contributed by atoms with Crippen LogP contribution in [0.4, 0.5) is 5.95 Å². The molecule has 0 atom stereocenters. The Morgan fingerprint density at radius 2 is 1.71 bits per heavy atom. The van der Waals surface area contributed by atoms with Gasteiger partial charge in [-0.05, 0) is 32.8 Å². The SMILES string of the molecule is CCC(CC)(CCl)CNc1nc(C)cc(C)n1. The molecule has 0 bridgehead atoms. The van der Waals surface area contributed by atoms with Crippen LogP contribution in [0.1, 0.15) is 38.1 Å². The third-order valence-electron chi connectivity index (χ3n) is 3.39. The average Bonchev–Trinajstić information content (AvgIpc) is 2.30. The van der Waals surface area contributed by atoms with Crippen LogP contribution in [0, 0.1) is 19.3 Å². The van der Waals surface area contributed by atoms with Crippen LogP contribution >= 0.6 is 11.6 Å². The van der Waals surface area contributed by atoms with E-state index in [9.17, 15) is 0 Å². The summed E-state index contributed by atoms with van der Waals surface area (Å²) in [5.74, 6) is 1.37. The quantitative estimate of drug-likeness (QED) is 0.790. The molecule has 0 unspecified atom stereocenters. The lowest BCUT2D eigenvalue weighted by Gasteiger charge is -2.29. The van der Waals surface area contributed by atoms with Crippen molar-refractivity contribution < 1.29 is 0 Å². The topological polar surface area (TPSA) is 37.8 Å². The molecule has 0 saturated heterocycles. The predicted molar refractivity (Wildman–Crippen MR) is 73.7 cm³/mol. The van der Waals surface area contributed by atoms with E-state index in [1.807, 2.05) is 19.9 Å². The lowest BCUT2D eigenvalue weighted by molar-refractivity contribution is 0.326. The van der Waals surface area contributed by atoms with Gasteiger partial charge in [0.2, 0.25) is 5.95 Å². The summed E-state index contributed by atoms with van der Waals surface area (Å²) in [7, 11) is 0. The van der Waals surface area contributed by atoms with Crippen LogP contribution in [0.2, 0.25) is 0 Å². The number of rotatable bonds is 6. The molecule has 0 aliphatic heterocycles. The minimum atomic E-state index is 0.141. The predicted octanol–water partition coefficient (Wildman–Crippen LogP) is 3.55. The molecule has 0 radical (unpaired) electrons. The average molecular weight is 256 g/mol. The van der Waals surface area contributed by atoms with Gasteiger partial charge < -0.3 is 5.32 Å². The van der Waals surface area contributed by atoms with Crippen LogP contribution in [0.5, 0.6) is 0 Å². The van der Waals surface area contributed by atoms with E-state index in [0.29, 0.717) is 11.8 Å². The van der Waals surface area contributed by atoms with Crippen molar-refractivity contribution in [2.45, 2.75) is 40.5 Å². The summed E-state index contributed by atoms with van der Waals surface area (Å²) in [6.45, 7) is 9.14. The Balaban J connectivity index is 2.71. The lowest BCUT2D eigenvalue weighted by Crippen LogP contribution is -2.31. The molecular weight excluding hydrogens is 234 g/mol. The van der Waals surface area contributed by atoms with E-state index in [0.717, 1.165) is 30.8 Å². The first kappa shape index (κ1) is 14.2. The maximum atomic E-state index is 6.07. The van der Waals surface area contributed by atoms with Gasteiger partial charge in [-0.2, -0.15) is 0 Å². The molecule has 0 spiro atoms. The zero-order valence-electron chi connectivity index (χ0n) is 11.2. The highest BCUT2D eigenvalue weighted by Crippen LogP contribution is 2.27. The summed E-state index contributed by atoms with van der Waals surface area (Å²) in [6.07, 6.45) is 2.12. The molecule has 3 nitrogen and oxygen atoms in total. The summed E-state index contributed by atoms with van der Waals surface area (Å²) >= 11 is 6.07. The standard InChI is InChI=1S/C13H22ClN3/c1-5-13(6-2,8-14)9-15-12-16-10(3)7-11(4)17-12/h7H,5-6,8-9H2,1-4H3,(H,15,16,17). The van der Waals surface area contributed by atoms with Gasteiger partial charge in [-0.15, -0.1) is 11.6 Å². The minimum Gasteiger partial charge on any atom is -0.354 e. The number of halogens is 1. The minimum absolute atomic E-state index is 0.141. The molecule has 0 aromatic carbocycles. The monoisotopic (exact) mass is 255 g/mol. The van der Waals surface area contributed by atoms with Gasteiger partial charge in [0.1, 0.15) is 0 Å². The van der Waals surface area contributed by atoms with Gasteiger partial charge in [-0.1, -0.05) is 13.8 Å². The molecule has 1 rings (SSSR count). The molecule has 0 aliphatic rings. The third-order valence-corrected chi connectivity index (χ3v) is 3.95. The zero-order valence-corrected chi connectivity index (χ0v) is 11.9. The molecule has 0 amide bonds. The van der Waals surface area contributed by atoms with Crippen molar-refractivity contribution in [3.63, 3.8) is 0 Å². The largest absolute Gasteiger partial charge is 0.354 e. The molecule has 1 heterocycles. The summed E-state index contributed by atoms with van der Waals surface area (Å²) in [6, 6.07) is 1.97. The molecule has 17 heavy (non-hydrogen) atoms. The number of hydrogen-bond donors (Lipinski definition) is 1. The number of aryl methyl sites for hydroxylation is 2. The number of aromatic nitrogens is 2. The van der Waals surface area contributed by atoms with Crippen molar-refractivity contribution in [2.75, 3.05) is 17.7 Å². The molecule has 1 aromatic rings. The Kier molecular flexibility index (Phi) is 5.19. The van der Waals surface area contributed by atoms with Gasteiger partial charge in [0.05, 0.1) is 0 Å². The fraction of sp³-hybridized carbons (Fsp3) is 0.692. The van der Waals surface area contributed by atoms with E-state index >= 15 is 0 Å². The van der Waals surface area contributed by atoms with Crippen LogP contribution in [0.25, 0.3) is 0 Å². The molecule has 1 N–H and O–H groups in total. The van der Waals surface area contributed by atoms with Crippen molar-refractivity contribution in [3.8, 4) is 0 Å². The molecular formula is C13H22ClN3. The van der Waals surface area contributed by atoms with Crippen molar-refractivity contribution in [3.05, 3.63) is 17.5 Å². The van der Waals surface area contributed by atoms with Gasteiger partial charge in [0, 0.05) is 29.2 Å². The third kappa shape index (κ3) is 3.84. The van der Waals surface area contributed by atoms with E-state index in [-0.39, 0.29) is 5.41 Å². The van der Waals surface area contributed by atoms with E-state index in [4.69, 9.17) is 11.6 Å². The Morgan fingerprint density at radius 3 is 2.12 bits per heavy atom. The molecule has 0 saturated carbocycles.